The maximum absolute atomic E-state index is 11.8. The molecule has 0 atom stereocenters. The average molecular weight is 279 g/mol. The summed E-state index contributed by atoms with van der Waals surface area (Å²) in [7, 11) is 0. The summed E-state index contributed by atoms with van der Waals surface area (Å²) in [5, 5.41) is 0. The number of nitrogens with zero attached hydrogens (tertiary/aromatic N) is 1. The lowest BCUT2D eigenvalue weighted by Crippen LogP contribution is -2.04. The molecule has 0 bridgehead atoms. The standard InChI is InChI=1S/C19H21NO/c1-4-17-15(9-11-16-8-6-7-13-20-16)10-12-19(14(3)21)18(17)5-2/h6-13H,4-5H2,1-3H3. The van der Waals surface area contributed by atoms with E-state index in [0.29, 0.717) is 0 Å². The number of rotatable bonds is 5. The molecular formula is C19H21NO. The zero-order valence-corrected chi connectivity index (χ0v) is 12.9. The van der Waals surface area contributed by atoms with Crippen molar-refractivity contribution in [3.05, 3.63) is 64.5 Å². The Morgan fingerprint density at radius 3 is 2.38 bits per heavy atom. The maximum Gasteiger partial charge on any atom is 0.160 e. The van der Waals surface area contributed by atoms with E-state index in [1.165, 1.54) is 16.7 Å². The van der Waals surface area contributed by atoms with Crippen LogP contribution >= 0.6 is 0 Å². The van der Waals surface area contributed by atoms with Gasteiger partial charge in [-0.25, -0.2) is 0 Å². The molecule has 0 N–H and O–H groups in total. The van der Waals surface area contributed by atoms with Gasteiger partial charge in [0.15, 0.2) is 5.78 Å². The van der Waals surface area contributed by atoms with Crippen molar-refractivity contribution < 1.29 is 4.79 Å². The van der Waals surface area contributed by atoms with Crippen LogP contribution in [0.4, 0.5) is 0 Å². The number of hydrogen-bond donors (Lipinski definition) is 0. The zero-order chi connectivity index (χ0) is 15.2. The van der Waals surface area contributed by atoms with Crippen molar-refractivity contribution in [2.75, 3.05) is 0 Å². The number of aromatic nitrogens is 1. The minimum Gasteiger partial charge on any atom is -0.295 e. The third-order valence-corrected chi connectivity index (χ3v) is 3.68. The van der Waals surface area contributed by atoms with Gasteiger partial charge in [-0.1, -0.05) is 38.1 Å². The van der Waals surface area contributed by atoms with Crippen LogP contribution in [0.25, 0.3) is 12.2 Å². The van der Waals surface area contributed by atoms with Crippen LogP contribution in [0.5, 0.6) is 0 Å². The Morgan fingerprint density at radius 1 is 1.05 bits per heavy atom. The molecule has 2 aromatic rings. The van der Waals surface area contributed by atoms with Gasteiger partial charge in [0, 0.05) is 11.8 Å². The second-order valence-corrected chi connectivity index (χ2v) is 5.01. The topological polar surface area (TPSA) is 30.0 Å². The fraction of sp³-hybridized carbons (Fsp3) is 0.263. The van der Waals surface area contributed by atoms with Crippen LogP contribution in [0.3, 0.4) is 0 Å². The molecule has 21 heavy (non-hydrogen) atoms. The molecule has 0 aliphatic heterocycles. The monoisotopic (exact) mass is 279 g/mol. The van der Waals surface area contributed by atoms with Gasteiger partial charge in [0.25, 0.3) is 0 Å². The van der Waals surface area contributed by atoms with E-state index >= 15 is 0 Å². The van der Waals surface area contributed by atoms with Crippen LogP contribution in [-0.2, 0) is 12.8 Å². The zero-order valence-electron chi connectivity index (χ0n) is 12.9. The molecule has 0 aliphatic carbocycles. The van der Waals surface area contributed by atoms with E-state index in [4.69, 9.17) is 0 Å². The van der Waals surface area contributed by atoms with Crippen LogP contribution in [-0.4, -0.2) is 10.8 Å². The lowest BCUT2D eigenvalue weighted by Gasteiger charge is -2.13. The van der Waals surface area contributed by atoms with E-state index in [-0.39, 0.29) is 5.78 Å². The molecule has 2 rings (SSSR count). The summed E-state index contributed by atoms with van der Waals surface area (Å²) in [5.41, 5.74) is 5.40. The van der Waals surface area contributed by atoms with Gasteiger partial charge in [-0.05, 0) is 54.7 Å². The van der Waals surface area contributed by atoms with E-state index in [0.717, 1.165) is 24.1 Å². The molecule has 2 heteroatoms. The van der Waals surface area contributed by atoms with Gasteiger partial charge in [-0.15, -0.1) is 0 Å². The Morgan fingerprint density at radius 2 is 1.81 bits per heavy atom. The fourth-order valence-electron chi connectivity index (χ4n) is 2.67. The van der Waals surface area contributed by atoms with E-state index in [9.17, 15) is 4.79 Å². The van der Waals surface area contributed by atoms with Gasteiger partial charge in [-0.3, -0.25) is 9.78 Å². The largest absolute Gasteiger partial charge is 0.295 e. The summed E-state index contributed by atoms with van der Waals surface area (Å²) in [4.78, 5) is 16.1. The molecule has 0 radical (unpaired) electrons. The lowest BCUT2D eigenvalue weighted by molar-refractivity contribution is 0.101. The van der Waals surface area contributed by atoms with Gasteiger partial charge in [0.1, 0.15) is 0 Å². The van der Waals surface area contributed by atoms with E-state index in [1.807, 2.05) is 36.4 Å². The lowest BCUT2D eigenvalue weighted by atomic mass is 9.91. The molecule has 1 heterocycles. The van der Waals surface area contributed by atoms with Crippen molar-refractivity contribution in [2.24, 2.45) is 0 Å². The molecule has 2 nitrogen and oxygen atoms in total. The Labute approximate surface area is 126 Å². The first-order chi connectivity index (χ1) is 10.2. The molecule has 0 spiro atoms. The van der Waals surface area contributed by atoms with E-state index in [2.05, 4.69) is 24.9 Å². The quantitative estimate of drug-likeness (QED) is 0.750. The predicted molar refractivity (Wildman–Crippen MR) is 88.4 cm³/mol. The number of ketones is 1. The number of hydrogen-bond acceptors (Lipinski definition) is 2. The molecule has 0 fully saturated rings. The van der Waals surface area contributed by atoms with Crippen molar-refractivity contribution in [1.29, 1.82) is 0 Å². The molecule has 108 valence electrons. The summed E-state index contributed by atoms with van der Waals surface area (Å²) in [5.74, 6) is 0.141. The minimum absolute atomic E-state index is 0.141. The van der Waals surface area contributed by atoms with Crippen molar-refractivity contribution in [3.63, 3.8) is 0 Å². The second kappa shape index (κ2) is 6.98. The summed E-state index contributed by atoms with van der Waals surface area (Å²) in [6.45, 7) is 5.88. The molecule has 0 amide bonds. The van der Waals surface area contributed by atoms with Gasteiger partial charge in [0.2, 0.25) is 0 Å². The third-order valence-electron chi connectivity index (χ3n) is 3.68. The van der Waals surface area contributed by atoms with Crippen LogP contribution in [0.2, 0.25) is 0 Å². The fourth-order valence-corrected chi connectivity index (χ4v) is 2.67. The second-order valence-electron chi connectivity index (χ2n) is 5.01. The number of benzene rings is 1. The highest BCUT2D eigenvalue weighted by Crippen LogP contribution is 2.23. The van der Waals surface area contributed by atoms with Gasteiger partial charge in [0.05, 0.1) is 5.69 Å². The Balaban J connectivity index is 2.45. The minimum atomic E-state index is 0.141. The summed E-state index contributed by atoms with van der Waals surface area (Å²) >= 11 is 0. The first kappa shape index (κ1) is 15.2. The van der Waals surface area contributed by atoms with Gasteiger partial charge >= 0.3 is 0 Å². The molecule has 0 saturated carbocycles. The van der Waals surface area contributed by atoms with Crippen molar-refractivity contribution in [1.82, 2.24) is 4.98 Å². The van der Waals surface area contributed by atoms with Crippen LogP contribution in [0.1, 0.15) is 53.5 Å². The van der Waals surface area contributed by atoms with Crippen molar-refractivity contribution >= 4 is 17.9 Å². The highest BCUT2D eigenvalue weighted by molar-refractivity contribution is 5.96. The average Bonchev–Trinajstić information content (AvgIpc) is 2.52. The molecule has 1 aromatic heterocycles. The van der Waals surface area contributed by atoms with Crippen LogP contribution < -0.4 is 0 Å². The number of carbonyl (C=O) groups is 1. The molecule has 0 unspecified atom stereocenters. The van der Waals surface area contributed by atoms with Gasteiger partial charge < -0.3 is 0 Å². The van der Waals surface area contributed by atoms with Crippen LogP contribution in [0, 0.1) is 0 Å². The Bertz CT molecular complexity index is 657. The predicted octanol–water partition coefficient (Wildman–Crippen LogP) is 4.58. The maximum atomic E-state index is 11.8. The summed E-state index contributed by atoms with van der Waals surface area (Å²) in [6, 6.07) is 9.84. The number of carbonyl (C=O) groups excluding carboxylic acids is 1. The van der Waals surface area contributed by atoms with Gasteiger partial charge in [-0.2, -0.15) is 0 Å². The van der Waals surface area contributed by atoms with Crippen molar-refractivity contribution in [2.45, 2.75) is 33.6 Å². The molecular weight excluding hydrogens is 258 g/mol. The normalized spacial score (nSPS) is 11.0. The number of Topliss-reactive ketones (excluding diaryl/α,β-unsaturated/α-hetero) is 1. The molecule has 0 aliphatic rings. The first-order valence-corrected chi connectivity index (χ1v) is 7.42. The first-order valence-electron chi connectivity index (χ1n) is 7.42. The SMILES string of the molecule is CCc1c(C=Cc2ccccn2)ccc(C(C)=O)c1CC. The molecule has 0 saturated heterocycles. The van der Waals surface area contributed by atoms with Crippen LogP contribution in [0.15, 0.2) is 36.5 Å². The Hall–Kier alpha value is -2.22. The highest BCUT2D eigenvalue weighted by Gasteiger charge is 2.12. The molecule has 1 aromatic carbocycles. The van der Waals surface area contributed by atoms with Crippen molar-refractivity contribution in [3.8, 4) is 0 Å². The Kier molecular flexibility index (Phi) is 5.04. The van der Waals surface area contributed by atoms with E-state index < -0.39 is 0 Å². The highest BCUT2D eigenvalue weighted by atomic mass is 16.1. The smallest absolute Gasteiger partial charge is 0.160 e. The summed E-state index contributed by atoms with van der Waals surface area (Å²) < 4.78 is 0. The number of pyridine rings is 1. The van der Waals surface area contributed by atoms with E-state index in [1.54, 1.807) is 13.1 Å². The third kappa shape index (κ3) is 3.46. The summed E-state index contributed by atoms with van der Waals surface area (Å²) in [6.07, 6.45) is 7.69.